The van der Waals surface area contributed by atoms with Gasteiger partial charge in [-0.1, -0.05) is 42.5 Å². The normalized spacial score (nSPS) is 17.1. The Morgan fingerprint density at radius 1 is 0.886 bits per heavy atom. The Morgan fingerprint density at radius 2 is 1.51 bits per heavy atom. The van der Waals surface area contributed by atoms with Crippen molar-refractivity contribution in [1.29, 1.82) is 0 Å². The number of methoxy groups -OCH3 is 2. The summed E-state index contributed by atoms with van der Waals surface area (Å²) < 4.78 is 10.9. The van der Waals surface area contributed by atoms with E-state index in [0.29, 0.717) is 5.92 Å². The lowest BCUT2D eigenvalue weighted by molar-refractivity contribution is -0.125. The maximum Gasteiger partial charge on any atom is 0.246 e. The molecule has 0 aromatic heterocycles. The van der Waals surface area contributed by atoms with Gasteiger partial charge in [0.2, 0.25) is 5.91 Å². The van der Waals surface area contributed by atoms with Crippen LogP contribution < -0.4 is 9.47 Å². The van der Waals surface area contributed by atoms with Crippen LogP contribution in [0.15, 0.2) is 72.8 Å². The van der Waals surface area contributed by atoms with E-state index in [1.165, 1.54) is 22.3 Å². The molecule has 1 amide bonds. The molecule has 0 spiro atoms. The van der Waals surface area contributed by atoms with Crippen LogP contribution in [0.25, 0.3) is 6.08 Å². The molecule has 182 valence electrons. The number of aryl methyl sites for hydroxylation is 1. The van der Waals surface area contributed by atoms with Crippen LogP contribution in [0.1, 0.15) is 59.9 Å². The lowest BCUT2D eigenvalue weighted by Gasteiger charge is -2.35. The standard InChI is InChI=1S/C31H35NO3/c1-5-32(6-2)30(33)20-9-22-7-10-24(11-8-22)31-28(23-12-15-26(34-3)16-13-23)18-14-25-21-27(35-4)17-19-29(25)31/h7-13,15-17,19-21,28,31H,5-6,14,18H2,1-4H3/t28-,31+/m1/s1. The first-order valence-electron chi connectivity index (χ1n) is 12.5. The molecule has 0 aliphatic heterocycles. The van der Waals surface area contributed by atoms with Crippen LogP contribution in [-0.4, -0.2) is 38.1 Å². The molecule has 2 atom stereocenters. The summed E-state index contributed by atoms with van der Waals surface area (Å²) in [5.74, 6) is 2.44. The van der Waals surface area contributed by atoms with Gasteiger partial charge in [-0.3, -0.25) is 4.79 Å². The maximum absolute atomic E-state index is 12.3. The first-order valence-corrected chi connectivity index (χ1v) is 12.5. The molecule has 4 rings (SSSR count). The average Bonchev–Trinajstić information content (AvgIpc) is 2.92. The molecule has 35 heavy (non-hydrogen) atoms. The summed E-state index contributed by atoms with van der Waals surface area (Å²) in [6.45, 7) is 5.44. The smallest absolute Gasteiger partial charge is 0.246 e. The Bertz CT molecular complexity index is 1160. The zero-order valence-corrected chi connectivity index (χ0v) is 21.2. The average molecular weight is 470 g/mol. The van der Waals surface area contributed by atoms with Crippen molar-refractivity contribution in [3.05, 3.63) is 101 Å². The number of carbonyl (C=O) groups is 1. The van der Waals surface area contributed by atoms with E-state index >= 15 is 0 Å². The lowest BCUT2D eigenvalue weighted by Crippen LogP contribution is -2.28. The Labute approximate surface area is 209 Å². The second-order valence-electron chi connectivity index (χ2n) is 8.97. The predicted molar refractivity (Wildman–Crippen MR) is 142 cm³/mol. The van der Waals surface area contributed by atoms with Gasteiger partial charge in [0, 0.05) is 25.1 Å². The highest BCUT2D eigenvalue weighted by Gasteiger charge is 2.32. The number of amides is 1. The SMILES string of the molecule is CCN(CC)C(=O)C=Cc1ccc([C@@H]2c3ccc(OC)cc3CC[C@@H]2c2ccc(OC)cc2)cc1. The molecule has 4 heteroatoms. The van der Waals surface area contributed by atoms with E-state index in [1.54, 1.807) is 20.3 Å². The van der Waals surface area contributed by atoms with Crippen LogP contribution in [0.5, 0.6) is 11.5 Å². The van der Waals surface area contributed by atoms with Gasteiger partial charge in [0.25, 0.3) is 0 Å². The van der Waals surface area contributed by atoms with Crippen molar-refractivity contribution in [3.63, 3.8) is 0 Å². The van der Waals surface area contributed by atoms with E-state index in [2.05, 4.69) is 66.7 Å². The van der Waals surface area contributed by atoms with Crippen molar-refractivity contribution in [3.8, 4) is 11.5 Å². The highest BCUT2D eigenvalue weighted by molar-refractivity contribution is 5.91. The number of carbonyl (C=O) groups excluding carboxylic acids is 1. The molecule has 0 saturated carbocycles. The van der Waals surface area contributed by atoms with Crippen molar-refractivity contribution in [2.75, 3.05) is 27.3 Å². The molecule has 3 aromatic rings. The number of ether oxygens (including phenoxy) is 2. The third kappa shape index (κ3) is 5.43. The summed E-state index contributed by atoms with van der Waals surface area (Å²) in [7, 11) is 3.42. The van der Waals surface area contributed by atoms with Crippen LogP contribution in [0, 0.1) is 0 Å². The molecule has 0 N–H and O–H groups in total. The maximum atomic E-state index is 12.3. The Balaban J connectivity index is 1.67. The van der Waals surface area contributed by atoms with Crippen LogP contribution in [0.2, 0.25) is 0 Å². The van der Waals surface area contributed by atoms with Crippen LogP contribution in [-0.2, 0) is 11.2 Å². The second kappa shape index (κ2) is 11.3. The molecule has 0 bridgehead atoms. The minimum Gasteiger partial charge on any atom is -0.497 e. The third-order valence-electron chi connectivity index (χ3n) is 7.15. The monoisotopic (exact) mass is 469 g/mol. The molecule has 0 unspecified atom stereocenters. The molecule has 0 radical (unpaired) electrons. The fourth-order valence-corrected chi connectivity index (χ4v) is 5.17. The highest BCUT2D eigenvalue weighted by atomic mass is 16.5. The second-order valence-corrected chi connectivity index (χ2v) is 8.97. The number of fused-ring (bicyclic) bond motifs is 1. The summed E-state index contributed by atoms with van der Waals surface area (Å²) >= 11 is 0. The van der Waals surface area contributed by atoms with Crippen molar-refractivity contribution in [1.82, 2.24) is 4.90 Å². The minimum absolute atomic E-state index is 0.0498. The third-order valence-corrected chi connectivity index (χ3v) is 7.15. The molecular formula is C31H35NO3. The fraction of sp³-hybridized carbons (Fsp3) is 0.323. The fourth-order valence-electron chi connectivity index (χ4n) is 5.17. The molecule has 3 aromatic carbocycles. The zero-order valence-electron chi connectivity index (χ0n) is 21.2. The number of likely N-dealkylation sites (N-methyl/N-ethyl adjacent to an activating group) is 1. The number of hydrogen-bond acceptors (Lipinski definition) is 3. The van der Waals surface area contributed by atoms with Crippen LogP contribution in [0.4, 0.5) is 0 Å². The van der Waals surface area contributed by atoms with Gasteiger partial charge < -0.3 is 14.4 Å². The quantitative estimate of drug-likeness (QED) is 0.356. The van der Waals surface area contributed by atoms with E-state index < -0.39 is 0 Å². The molecule has 0 heterocycles. The van der Waals surface area contributed by atoms with Crippen molar-refractivity contribution in [2.45, 2.75) is 38.5 Å². The Hall–Kier alpha value is -3.53. The largest absolute Gasteiger partial charge is 0.497 e. The minimum atomic E-state index is 0.0498. The lowest BCUT2D eigenvalue weighted by atomic mass is 9.69. The van der Waals surface area contributed by atoms with Crippen molar-refractivity contribution < 1.29 is 14.3 Å². The van der Waals surface area contributed by atoms with Crippen molar-refractivity contribution >= 4 is 12.0 Å². The van der Waals surface area contributed by atoms with Crippen LogP contribution >= 0.6 is 0 Å². The molecule has 0 saturated heterocycles. The van der Waals surface area contributed by atoms with Gasteiger partial charge in [-0.15, -0.1) is 0 Å². The highest BCUT2D eigenvalue weighted by Crippen LogP contribution is 2.47. The van der Waals surface area contributed by atoms with E-state index in [0.717, 1.165) is 43.0 Å². The predicted octanol–water partition coefficient (Wildman–Crippen LogP) is 6.45. The van der Waals surface area contributed by atoms with E-state index in [-0.39, 0.29) is 11.8 Å². The number of hydrogen-bond donors (Lipinski definition) is 0. The zero-order chi connectivity index (χ0) is 24.8. The van der Waals surface area contributed by atoms with Gasteiger partial charge in [-0.25, -0.2) is 0 Å². The van der Waals surface area contributed by atoms with Crippen LogP contribution in [0.3, 0.4) is 0 Å². The molecular weight excluding hydrogens is 434 g/mol. The Kier molecular flexibility index (Phi) is 7.91. The summed E-state index contributed by atoms with van der Waals surface area (Å²) in [6.07, 6.45) is 5.67. The number of benzene rings is 3. The molecule has 1 aliphatic rings. The number of rotatable bonds is 8. The van der Waals surface area contributed by atoms with E-state index in [4.69, 9.17) is 9.47 Å². The molecule has 4 nitrogen and oxygen atoms in total. The Morgan fingerprint density at radius 3 is 2.14 bits per heavy atom. The van der Waals surface area contributed by atoms with Gasteiger partial charge in [-0.05, 0) is 90.8 Å². The van der Waals surface area contributed by atoms with Gasteiger partial charge in [-0.2, -0.15) is 0 Å². The number of nitrogens with zero attached hydrogens (tertiary/aromatic N) is 1. The van der Waals surface area contributed by atoms with Crippen molar-refractivity contribution in [2.24, 2.45) is 0 Å². The van der Waals surface area contributed by atoms with Gasteiger partial charge in [0.1, 0.15) is 11.5 Å². The first kappa shape index (κ1) is 24.6. The first-order chi connectivity index (χ1) is 17.1. The van der Waals surface area contributed by atoms with Gasteiger partial charge in [0.15, 0.2) is 0 Å². The molecule has 0 fully saturated rings. The van der Waals surface area contributed by atoms with Gasteiger partial charge in [0.05, 0.1) is 14.2 Å². The van der Waals surface area contributed by atoms with E-state index in [9.17, 15) is 4.79 Å². The van der Waals surface area contributed by atoms with Gasteiger partial charge >= 0.3 is 0 Å². The topological polar surface area (TPSA) is 38.8 Å². The summed E-state index contributed by atoms with van der Waals surface area (Å²) in [6, 6.07) is 23.6. The summed E-state index contributed by atoms with van der Waals surface area (Å²) in [5, 5.41) is 0. The summed E-state index contributed by atoms with van der Waals surface area (Å²) in [5.41, 5.74) is 6.35. The molecule has 1 aliphatic carbocycles. The summed E-state index contributed by atoms with van der Waals surface area (Å²) in [4.78, 5) is 14.2. The van der Waals surface area contributed by atoms with E-state index in [1.807, 2.05) is 24.8 Å².